The first-order chi connectivity index (χ1) is 13.1. The molecule has 0 unspecified atom stereocenters. The van der Waals surface area contributed by atoms with Gasteiger partial charge in [-0.25, -0.2) is 4.39 Å². The van der Waals surface area contributed by atoms with E-state index >= 15 is 0 Å². The fraction of sp³-hybridized carbons (Fsp3) is 0.455. The van der Waals surface area contributed by atoms with Crippen LogP contribution in [0.1, 0.15) is 23.1 Å². The summed E-state index contributed by atoms with van der Waals surface area (Å²) < 4.78 is 19.4. The Hall–Kier alpha value is -1.95. The maximum absolute atomic E-state index is 14.2. The van der Waals surface area contributed by atoms with E-state index in [9.17, 15) is 9.50 Å². The van der Waals surface area contributed by atoms with Crippen LogP contribution in [0.4, 0.5) is 4.39 Å². The molecule has 1 heterocycles. The Bertz CT molecular complexity index is 753. The number of rotatable bonds is 7. The lowest BCUT2D eigenvalue weighted by atomic mass is 10.0. The Morgan fingerprint density at radius 1 is 1.11 bits per heavy atom. The van der Waals surface area contributed by atoms with Gasteiger partial charge in [-0.1, -0.05) is 24.3 Å². The Labute approximate surface area is 161 Å². The van der Waals surface area contributed by atoms with Gasteiger partial charge >= 0.3 is 0 Å². The lowest BCUT2D eigenvalue weighted by Crippen LogP contribution is -2.52. The molecule has 1 fully saturated rings. The minimum atomic E-state index is -0.197. The van der Waals surface area contributed by atoms with E-state index in [0.29, 0.717) is 17.9 Å². The summed E-state index contributed by atoms with van der Waals surface area (Å²) in [4.78, 5) is 4.71. The number of halogens is 1. The topological polar surface area (TPSA) is 35.9 Å². The number of methoxy groups -OCH3 is 1. The molecule has 1 saturated heterocycles. The maximum Gasteiger partial charge on any atom is 0.127 e. The summed E-state index contributed by atoms with van der Waals surface area (Å²) in [5.74, 6) is 0.480. The largest absolute Gasteiger partial charge is 0.497 e. The van der Waals surface area contributed by atoms with Crippen LogP contribution in [0.3, 0.4) is 0 Å². The van der Waals surface area contributed by atoms with Crippen LogP contribution in [0, 0.1) is 12.7 Å². The Morgan fingerprint density at radius 2 is 1.93 bits per heavy atom. The molecular formula is C22H29FN2O2. The van der Waals surface area contributed by atoms with Crippen molar-refractivity contribution in [3.63, 3.8) is 0 Å². The highest BCUT2D eigenvalue weighted by molar-refractivity contribution is 5.30. The zero-order chi connectivity index (χ0) is 19.2. The van der Waals surface area contributed by atoms with Gasteiger partial charge in [0.15, 0.2) is 0 Å². The minimum Gasteiger partial charge on any atom is -0.497 e. The highest BCUT2D eigenvalue weighted by Gasteiger charge is 2.27. The molecule has 0 spiro atoms. The van der Waals surface area contributed by atoms with E-state index in [0.717, 1.165) is 32.6 Å². The zero-order valence-electron chi connectivity index (χ0n) is 16.2. The summed E-state index contributed by atoms with van der Waals surface area (Å²) in [6, 6.07) is 13.6. The molecule has 5 heteroatoms. The number of nitrogens with zero attached hydrogens (tertiary/aromatic N) is 2. The molecule has 0 aliphatic carbocycles. The van der Waals surface area contributed by atoms with Crippen molar-refractivity contribution in [1.82, 2.24) is 9.80 Å². The van der Waals surface area contributed by atoms with Crippen LogP contribution in [-0.4, -0.2) is 54.3 Å². The molecule has 146 valence electrons. The van der Waals surface area contributed by atoms with E-state index in [1.54, 1.807) is 19.2 Å². The van der Waals surface area contributed by atoms with Crippen molar-refractivity contribution in [2.24, 2.45) is 0 Å². The Kier molecular flexibility index (Phi) is 6.83. The van der Waals surface area contributed by atoms with Gasteiger partial charge in [-0.2, -0.15) is 0 Å². The van der Waals surface area contributed by atoms with Gasteiger partial charge in [0.1, 0.15) is 11.6 Å². The van der Waals surface area contributed by atoms with Crippen LogP contribution in [0.15, 0.2) is 42.5 Å². The van der Waals surface area contributed by atoms with Crippen LogP contribution in [0.5, 0.6) is 5.75 Å². The van der Waals surface area contributed by atoms with Crippen LogP contribution < -0.4 is 4.74 Å². The first kappa shape index (κ1) is 19.8. The van der Waals surface area contributed by atoms with E-state index in [-0.39, 0.29) is 18.5 Å². The van der Waals surface area contributed by atoms with Crippen molar-refractivity contribution in [2.45, 2.75) is 32.5 Å². The summed E-state index contributed by atoms with van der Waals surface area (Å²) >= 11 is 0. The lowest BCUT2D eigenvalue weighted by molar-refractivity contribution is 0.0493. The second kappa shape index (κ2) is 9.31. The smallest absolute Gasteiger partial charge is 0.127 e. The number of benzene rings is 2. The van der Waals surface area contributed by atoms with Gasteiger partial charge in [0.25, 0.3) is 0 Å². The van der Waals surface area contributed by atoms with Crippen LogP contribution in [0.2, 0.25) is 0 Å². The van der Waals surface area contributed by atoms with E-state index < -0.39 is 0 Å². The third-order valence-corrected chi connectivity index (χ3v) is 5.43. The van der Waals surface area contributed by atoms with E-state index in [4.69, 9.17) is 4.74 Å². The summed E-state index contributed by atoms with van der Waals surface area (Å²) in [5.41, 5.74) is 3.28. The molecule has 27 heavy (non-hydrogen) atoms. The third-order valence-electron chi connectivity index (χ3n) is 5.43. The van der Waals surface area contributed by atoms with Crippen molar-refractivity contribution in [3.05, 3.63) is 65.0 Å². The molecule has 3 rings (SSSR count). The van der Waals surface area contributed by atoms with E-state index in [1.165, 1.54) is 17.2 Å². The highest BCUT2D eigenvalue weighted by atomic mass is 19.1. The number of ether oxygens (including phenoxy) is 1. The SMILES string of the molecule is COc1ccc(F)c(CN2CCN(Cc3ccccc3C)[C@@H](CCO)C2)c1. The number of aliphatic hydroxyl groups is 1. The average molecular weight is 372 g/mol. The number of hydrogen-bond acceptors (Lipinski definition) is 4. The molecule has 1 aliphatic heterocycles. The van der Waals surface area contributed by atoms with Crippen molar-refractivity contribution in [1.29, 1.82) is 0 Å². The normalized spacial score (nSPS) is 18.6. The van der Waals surface area contributed by atoms with E-state index in [2.05, 4.69) is 41.0 Å². The average Bonchev–Trinajstić information content (AvgIpc) is 2.67. The molecule has 1 atom stereocenters. The number of piperazine rings is 1. The van der Waals surface area contributed by atoms with Crippen molar-refractivity contribution >= 4 is 0 Å². The molecule has 0 aromatic heterocycles. The molecule has 0 bridgehead atoms. The molecule has 2 aromatic carbocycles. The van der Waals surface area contributed by atoms with Gasteiger partial charge in [-0.05, 0) is 42.7 Å². The van der Waals surface area contributed by atoms with Gasteiger partial charge in [-0.15, -0.1) is 0 Å². The predicted molar refractivity (Wildman–Crippen MR) is 105 cm³/mol. The molecule has 0 amide bonds. The van der Waals surface area contributed by atoms with Crippen LogP contribution in [-0.2, 0) is 13.1 Å². The first-order valence-electron chi connectivity index (χ1n) is 9.55. The lowest BCUT2D eigenvalue weighted by Gasteiger charge is -2.41. The quantitative estimate of drug-likeness (QED) is 0.810. The number of hydrogen-bond donors (Lipinski definition) is 1. The zero-order valence-corrected chi connectivity index (χ0v) is 16.2. The summed E-state index contributed by atoms with van der Waals surface area (Å²) in [6.45, 7) is 6.36. The fourth-order valence-corrected chi connectivity index (χ4v) is 3.78. The minimum absolute atomic E-state index is 0.163. The highest BCUT2D eigenvalue weighted by Crippen LogP contribution is 2.22. The third kappa shape index (κ3) is 5.06. The first-order valence-corrected chi connectivity index (χ1v) is 9.55. The summed E-state index contributed by atoms with van der Waals surface area (Å²) in [6.07, 6.45) is 0.725. The Balaban J connectivity index is 1.68. The molecule has 2 aromatic rings. The van der Waals surface area contributed by atoms with Crippen LogP contribution in [0.25, 0.3) is 0 Å². The number of aryl methyl sites for hydroxylation is 1. The van der Waals surface area contributed by atoms with Crippen molar-refractivity contribution < 1.29 is 14.2 Å². The molecule has 1 N–H and O–H groups in total. The molecule has 4 nitrogen and oxygen atoms in total. The standard InChI is InChI=1S/C22H29FN2O2/c1-17-5-3-4-6-18(17)15-25-11-10-24(16-20(25)9-12-26)14-19-13-21(27-2)7-8-22(19)23/h3-8,13,20,26H,9-12,14-16H2,1-2H3/t20-/m0/s1. The molecule has 0 saturated carbocycles. The maximum atomic E-state index is 14.2. The van der Waals surface area contributed by atoms with Gasteiger partial charge in [-0.3, -0.25) is 9.80 Å². The van der Waals surface area contributed by atoms with Crippen molar-refractivity contribution in [2.75, 3.05) is 33.4 Å². The van der Waals surface area contributed by atoms with Crippen LogP contribution >= 0.6 is 0 Å². The van der Waals surface area contributed by atoms with Gasteiger partial charge in [0.05, 0.1) is 7.11 Å². The van der Waals surface area contributed by atoms with Gasteiger partial charge in [0, 0.05) is 50.9 Å². The Morgan fingerprint density at radius 3 is 2.67 bits per heavy atom. The molecular weight excluding hydrogens is 343 g/mol. The van der Waals surface area contributed by atoms with Crippen molar-refractivity contribution in [3.8, 4) is 5.75 Å². The molecule has 0 radical (unpaired) electrons. The monoisotopic (exact) mass is 372 g/mol. The predicted octanol–water partition coefficient (Wildman–Crippen LogP) is 3.21. The summed E-state index contributed by atoms with van der Waals surface area (Å²) in [5, 5.41) is 9.52. The summed E-state index contributed by atoms with van der Waals surface area (Å²) in [7, 11) is 1.60. The second-order valence-corrected chi connectivity index (χ2v) is 7.26. The van der Waals surface area contributed by atoms with Gasteiger partial charge in [0.2, 0.25) is 0 Å². The fourth-order valence-electron chi connectivity index (χ4n) is 3.78. The molecule has 1 aliphatic rings. The second-order valence-electron chi connectivity index (χ2n) is 7.26. The number of aliphatic hydroxyl groups excluding tert-OH is 1. The van der Waals surface area contributed by atoms with E-state index in [1.807, 2.05) is 0 Å². The van der Waals surface area contributed by atoms with Gasteiger partial charge < -0.3 is 9.84 Å².